The third-order valence-corrected chi connectivity index (χ3v) is 2.66. The van der Waals surface area contributed by atoms with E-state index in [0.29, 0.717) is 4.60 Å². The highest BCUT2D eigenvalue weighted by Gasteiger charge is 2.13. The first-order valence-electron chi connectivity index (χ1n) is 4.95. The molecule has 0 aliphatic heterocycles. The van der Waals surface area contributed by atoms with Crippen LogP contribution in [0.3, 0.4) is 0 Å². The molecule has 1 amide bonds. The Hall–Kier alpha value is -1.82. The normalized spacial score (nSPS) is 10.2. The quantitative estimate of drug-likeness (QED) is 0.864. The molecule has 6 heteroatoms. The van der Waals surface area contributed by atoms with Crippen molar-refractivity contribution in [3.63, 3.8) is 0 Å². The molecule has 1 N–H and O–H groups in total. The average molecular weight is 313 g/mol. The number of amides is 1. The third kappa shape index (κ3) is 2.70. The van der Waals surface area contributed by atoms with Gasteiger partial charge < -0.3 is 5.32 Å². The van der Waals surface area contributed by atoms with E-state index < -0.39 is 23.2 Å². The first kappa shape index (κ1) is 12.6. The second-order valence-corrected chi connectivity index (χ2v) is 4.23. The molecule has 0 aliphatic rings. The van der Waals surface area contributed by atoms with Gasteiger partial charge in [-0.25, -0.2) is 13.8 Å². The topological polar surface area (TPSA) is 42.0 Å². The number of hydrogen-bond acceptors (Lipinski definition) is 2. The van der Waals surface area contributed by atoms with Crippen molar-refractivity contribution in [2.45, 2.75) is 0 Å². The zero-order valence-electron chi connectivity index (χ0n) is 8.95. The van der Waals surface area contributed by atoms with Gasteiger partial charge in [-0.3, -0.25) is 4.79 Å². The predicted molar refractivity (Wildman–Crippen MR) is 66.2 cm³/mol. The Morgan fingerprint density at radius 3 is 2.39 bits per heavy atom. The van der Waals surface area contributed by atoms with Gasteiger partial charge >= 0.3 is 0 Å². The average Bonchev–Trinajstić information content (AvgIpc) is 2.34. The summed E-state index contributed by atoms with van der Waals surface area (Å²) in [7, 11) is 0. The molecule has 1 aromatic carbocycles. The van der Waals surface area contributed by atoms with Crippen LogP contribution in [0.5, 0.6) is 0 Å². The van der Waals surface area contributed by atoms with Gasteiger partial charge in [0.15, 0.2) is 0 Å². The van der Waals surface area contributed by atoms with Gasteiger partial charge in [0, 0.05) is 6.20 Å². The van der Waals surface area contributed by atoms with Gasteiger partial charge in [-0.05, 0) is 40.2 Å². The van der Waals surface area contributed by atoms with E-state index in [2.05, 4.69) is 26.2 Å². The molecule has 0 aliphatic carbocycles. The molecule has 2 aromatic rings. The first-order chi connectivity index (χ1) is 8.58. The SMILES string of the molecule is O=C(Nc1c(F)cccc1F)c1ccc(Br)nc1. The fraction of sp³-hybridized carbons (Fsp3) is 0. The molecule has 2 rings (SSSR count). The number of rotatable bonds is 2. The van der Waals surface area contributed by atoms with E-state index in [0.717, 1.165) is 12.1 Å². The fourth-order valence-electron chi connectivity index (χ4n) is 1.31. The van der Waals surface area contributed by atoms with Crippen molar-refractivity contribution in [3.05, 3.63) is 58.3 Å². The lowest BCUT2D eigenvalue weighted by molar-refractivity contribution is 0.102. The first-order valence-corrected chi connectivity index (χ1v) is 5.74. The number of halogens is 3. The molecule has 3 nitrogen and oxygen atoms in total. The number of benzene rings is 1. The Balaban J connectivity index is 2.24. The Morgan fingerprint density at radius 1 is 1.17 bits per heavy atom. The van der Waals surface area contributed by atoms with Crippen LogP contribution in [0.25, 0.3) is 0 Å². The second-order valence-electron chi connectivity index (χ2n) is 3.42. The molecule has 0 saturated heterocycles. The summed E-state index contributed by atoms with van der Waals surface area (Å²) in [6.07, 6.45) is 1.30. The summed E-state index contributed by atoms with van der Waals surface area (Å²) in [6.45, 7) is 0. The summed E-state index contributed by atoms with van der Waals surface area (Å²) in [4.78, 5) is 15.6. The van der Waals surface area contributed by atoms with Crippen LogP contribution >= 0.6 is 15.9 Å². The molecule has 0 spiro atoms. The molecular weight excluding hydrogens is 306 g/mol. The largest absolute Gasteiger partial charge is 0.317 e. The molecule has 0 atom stereocenters. The number of anilines is 1. The van der Waals surface area contributed by atoms with Crippen molar-refractivity contribution < 1.29 is 13.6 Å². The number of carbonyl (C=O) groups excluding carboxylic acids is 1. The molecule has 18 heavy (non-hydrogen) atoms. The molecule has 0 radical (unpaired) electrons. The lowest BCUT2D eigenvalue weighted by Crippen LogP contribution is -2.14. The van der Waals surface area contributed by atoms with Crippen molar-refractivity contribution in [2.24, 2.45) is 0 Å². The van der Waals surface area contributed by atoms with Gasteiger partial charge in [-0.1, -0.05) is 6.07 Å². The minimum atomic E-state index is -0.826. The summed E-state index contributed by atoms with van der Waals surface area (Å²) in [5, 5.41) is 2.17. The lowest BCUT2D eigenvalue weighted by Gasteiger charge is -2.07. The summed E-state index contributed by atoms with van der Waals surface area (Å²) in [6, 6.07) is 6.41. The molecule has 0 bridgehead atoms. The number of aromatic nitrogens is 1. The van der Waals surface area contributed by atoms with Gasteiger partial charge in [0.1, 0.15) is 21.9 Å². The Bertz CT molecular complexity index is 567. The standard InChI is InChI=1S/C12H7BrF2N2O/c13-10-5-4-7(6-16-10)12(18)17-11-8(14)2-1-3-9(11)15/h1-6H,(H,17,18). The van der Waals surface area contributed by atoms with Gasteiger partial charge in [-0.15, -0.1) is 0 Å². The van der Waals surface area contributed by atoms with Gasteiger partial charge in [0.2, 0.25) is 0 Å². The van der Waals surface area contributed by atoms with Crippen LogP contribution < -0.4 is 5.32 Å². The van der Waals surface area contributed by atoms with E-state index in [1.165, 1.54) is 18.3 Å². The van der Waals surface area contributed by atoms with Crippen molar-refractivity contribution in [1.82, 2.24) is 4.98 Å². The van der Waals surface area contributed by atoms with Crippen LogP contribution in [0.4, 0.5) is 14.5 Å². The minimum Gasteiger partial charge on any atom is -0.317 e. The van der Waals surface area contributed by atoms with E-state index >= 15 is 0 Å². The van der Waals surface area contributed by atoms with E-state index in [-0.39, 0.29) is 5.56 Å². The zero-order valence-corrected chi connectivity index (χ0v) is 10.5. The highest BCUT2D eigenvalue weighted by Crippen LogP contribution is 2.19. The van der Waals surface area contributed by atoms with Crippen molar-refractivity contribution in [2.75, 3.05) is 5.32 Å². The van der Waals surface area contributed by atoms with E-state index in [4.69, 9.17) is 0 Å². The Morgan fingerprint density at radius 2 is 1.83 bits per heavy atom. The monoisotopic (exact) mass is 312 g/mol. The molecule has 1 heterocycles. The van der Waals surface area contributed by atoms with Crippen molar-refractivity contribution >= 4 is 27.5 Å². The van der Waals surface area contributed by atoms with Gasteiger partial charge in [0.25, 0.3) is 5.91 Å². The van der Waals surface area contributed by atoms with Crippen LogP contribution in [-0.4, -0.2) is 10.9 Å². The lowest BCUT2D eigenvalue weighted by atomic mass is 10.2. The number of hydrogen-bond donors (Lipinski definition) is 1. The molecule has 1 aromatic heterocycles. The number of nitrogens with one attached hydrogen (secondary N) is 1. The Labute approximate surface area is 110 Å². The summed E-state index contributed by atoms with van der Waals surface area (Å²) >= 11 is 3.12. The maximum Gasteiger partial charge on any atom is 0.257 e. The van der Waals surface area contributed by atoms with Crippen LogP contribution in [0.2, 0.25) is 0 Å². The second kappa shape index (κ2) is 5.22. The molecule has 92 valence electrons. The van der Waals surface area contributed by atoms with Gasteiger partial charge in [0.05, 0.1) is 5.56 Å². The number of nitrogens with zero attached hydrogens (tertiary/aromatic N) is 1. The summed E-state index contributed by atoms with van der Waals surface area (Å²) in [5.74, 6) is -2.28. The summed E-state index contributed by atoms with van der Waals surface area (Å²) in [5.41, 5.74) is -0.258. The van der Waals surface area contributed by atoms with Crippen LogP contribution in [-0.2, 0) is 0 Å². The Kier molecular flexibility index (Phi) is 3.66. The third-order valence-electron chi connectivity index (χ3n) is 2.19. The smallest absolute Gasteiger partial charge is 0.257 e. The molecule has 0 saturated carbocycles. The number of pyridine rings is 1. The van der Waals surface area contributed by atoms with Gasteiger partial charge in [-0.2, -0.15) is 0 Å². The van der Waals surface area contributed by atoms with E-state index in [9.17, 15) is 13.6 Å². The van der Waals surface area contributed by atoms with Crippen LogP contribution in [0, 0.1) is 11.6 Å². The number of para-hydroxylation sites is 1. The highest BCUT2D eigenvalue weighted by atomic mass is 79.9. The maximum absolute atomic E-state index is 13.3. The molecule has 0 unspecified atom stereocenters. The highest BCUT2D eigenvalue weighted by molar-refractivity contribution is 9.10. The fourth-order valence-corrected chi connectivity index (χ4v) is 1.55. The van der Waals surface area contributed by atoms with E-state index in [1.54, 1.807) is 6.07 Å². The van der Waals surface area contributed by atoms with E-state index in [1.807, 2.05) is 0 Å². The maximum atomic E-state index is 13.3. The van der Waals surface area contributed by atoms with Crippen molar-refractivity contribution in [1.29, 1.82) is 0 Å². The minimum absolute atomic E-state index is 0.209. The van der Waals surface area contributed by atoms with Crippen LogP contribution in [0.1, 0.15) is 10.4 Å². The molecule has 0 fully saturated rings. The zero-order chi connectivity index (χ0) is 13.1. The summed E-state index contributed by atoms with van der Waals surface area (Å²) < 4.78 is 27.2. The molecular formula is C12H7BrF2N2O. The predicted octanol–water partition coefficient (Wildman–Crippen LogP) is 3.37. The number of carbonyl (C=O) groups is 1. The van der Waals surface area contributed by atoms with Crippen LogP contribution in [0.15, 0.2) is 41.1 Å². The van der Waals surface area contributed by atoms with Crippen molar-refractivity contribution in [3.8, 4) is 0 Å².